The SMILES string of the molecule is CCC(O)(CC)c1cccnc1. The van der Waals surface area contributed by atoms with Gasteiger partial charge in [-0.1, -0.05) is 19.9 Å². The maximum atomic E-state index is 10.1. The van der Waals surface area contributed by atoms with Crippen LogP contribution in [-0.4, -0.2) is 10.1 Å². The summed E-state index contributed by atoms with van der Waals surface area (Å²) in [6.45, 7) is 3.97. The maximum absolute atomic E-state index is 10.1. The third-order valence-electron chi connectivity index (χ3n) is 2.37. The number of pyridine rings is 1. The first-order chi connectivity index (χ1) is 5.73. The average molecular weight is 165 g/mol. The Hall–Kier alpha value is -0.890. The molecule has 0 bridgehead atoms. The van der Waals surface area contributed by atoms with Gasteiger partial charge in [-0.15, -0.1) is 0 Å². The lowest BCUT2D eigenvalue weighted by molar-refractivity contribution is 0.0280. The molecule has 0 aliphatic heterocycles. The summed E-state index contributed by atoms with van der Waals surface area (Å²) in [6.07, 6.45) is 4.91. The Kier molecular flexibility index (Phi) is 2.82. The van der Waals surface area contributed by atoms with E-state index in [1.807, 2.05) is 26.0 Å². The molecule has 0 radical (unpaired) electrons. The van der Waals surface area contributed by atoms with Crippen molar-refractivity contribution in [3.8, 4) is 0 Å². The first-order valence-electron chi connectivity index (χ1n) is 4.36. The molecule has 1 rings (SSSR count). The Bertz CT molecular complexity index is 229. The summed E-state index contributed by atoms with van der Waals surface area (Å²) in [4.78, 5) is 3.99. The smallest absolute Gasteiger partial charge is 0.0906 e. The van der Waals surface area contributed by atoms with Crippen LogP contribution in [0.5, 0.6) is 0 Å². The molecule has 1 heterocycles. The molecule has 0 fully saturated rings. The zero-order valence-electron chi connectivity index (χ0n) is 7.62. The van der Waals surface area contributed by atoms with Crippen LogP contribution in [0.1, 0.15) is 32.3 Å². The van der Waals surface area contributed by atoms with Crippen LogP contribution < -0.4 is 0 Å². The molecule has 0 spiro atoms. The van der Waals surface area contributed by atoms with E-state index in [0.717, 1.165) is 18.4 Å². The van der Waals surface area contributed by atoms with E-state index < -0.39 is 5.60 Å². The Labute approximate surface area is 73.3 Å². The van der Waals surface area contributed by atoms with Gasteiger partial charge < -0.3 is 5.11 Å². The molecule has 0 amide bonds. The fourth-order valence-electron chi connectivity index (χ4n) is 1.30. The average Bonchev–Trinajstić information content (AvgIpc) is 2.18. The van der Waals surface area contributed by atoms with Crippen molar-refractivity contribution in [2.24, 2.45) is 0 Å². The standard InChI is InChI=1S/C10H15NO/c1-3-10(12,4-2)9-6-5-7-11-8-9/h5-8,12H,3-4H2,1-2H3. The largest absolute Gasteiger partial charge is 0.385 e. The van der Waals surface area contributed by atoms with Gasteiger partial charge in [0, 0.05) is 18.0 Å². The predicted octanol–water partition coefficient (Wildman–Crippen LogP) is 2.09. The molecule has 0 aliphatic carbocycles. The number of hydrogen-bond acceptors (Lipinski definition) is 2. The summed E-state index contributed by atoms with van der Waals surface area (Å²) >= 11 is 0. The molecular formula is C10H15NO. The van der Waals surface area contributed by atoms with Gasteiger partial charge in [-0.05, 0) is 18.9 Å². The summed E-state index contributed by atoms with van der Waals surface area (Å²) in [7, 11) is 0. The highest BCUT2D eigenvalue weighted by atomic mass is 16.3. The van der Waals surface area contributed by atoms with Crippen molar-refractivity contribution >= 4 is 0 Å². The Morgan fingerprint density at radius 2 is 2.08 bits per heavy atom. The second-order valence-corrected chi connectivity index (χ2v) is 2.98. The van der Waals surface area contributed by atoms with Gasteiger partial charge in [0.2, 0.25) is 0 Å². The van der Waals surface area contributed by atoms with Gasteiger partial charge >= 0.3 is 0 Å². The molecule has 66 valence electrons. The van der Waals surface area contributed by atoms with Crippen molar-refractivity contribution in [1.29, 1.82) is 0 Å². The van der Waals surface area contributed by atoms with Crippen LogP contribution in [0.2, 0.25) is 0 Å². The molecule has 0 aliphatic rings. The highest BCUT2D eigenvalue weighted by molar-refractivity contribution is 5.17. The molecule has 0 aromatic carbocycles. The Balaban J connectivity index is 2.95. The maximum Gasteiger partial charge on any atom is 0.0906 e. The number of rotatable bonds is 3. The Morgan fingerprint density at radius 1 is 1.42 bits per heavy atom. The van der Waals surface area contributed by atoms with E-state index in [0.29, 0.717) is 0 Å². The van der Waals surface area contributed by atoms with Gasteiger partial charge in [-0.2, -0.15) is 0 Å². The van der Waals surface area contributed by atoms with Crippen LogP contribution in [-0.2, 0) is 5.60 Å². The van der Waals surface area contributed by atoms with E-state index in [9.17, 15) is 5.11 Å². The molecule has 12 heavy (non-hydrogen) atoms. The topological polar surface area (TPSA) is 33.1 Å². The van der Waals surface area contributed by atoms with Crippen LogP contribution in [0.15, 0.2) is 24.5 Å². The first kappa shape index (κ1) is 9.20. The van der Waals surface area contributed by atoms with Crippen LogP contribution in [0.25, 0.3) is 0 Å². The minimum Gasteiger partial charge on any atom is -0.385 e. The van der Waals surface area contributed by atoms with E-state index in [2.05, 4.69) is 4.98 Å². The van der Waals surface area contributed by atoms with E-state index in [1.165, 1.54) is 0 Å². The number of hydrogen-bond donors (Lipinski definition) is 1. The van der Waals surface area contributed by atoms with E-state index in [-0.39, 0.29) is 0 Å². The second kappa shape index (κ2) is 3.68. The van der Waals surface area contributed by atoms with Crippen LogP contribution in [0.3, 0.4) is 0 Å². The normalized spacial score (nSPS) is 11.6. The van der Waals surface area contributed by atoms with Crippen molar-refractivity contribution < 1.29 is 5.11 Å². The first-order valence-corrected chi connectivity index (χ1v) is 4.36. The van der Waals surface area contributed by atoms with Gasteiger partial charge in [0.15, 0.2) is 0 Å². The van der Waals surface area contributed by atoms with Crippen molar-refractivity contribution in [3.05, 3.63) is 30.1 Å². The van der Waals surface area contributed by atoms with E-state index in [1.54, 1.807) is 12.4 Å². The predicted molar refractivity (Wildman–Crippen MR) is 48.7 cm³/mol. The van der Waals surface area contributed by atoms with Gasteiger partial charge in [0.1, 0.15) is 0 Å². The number of nitrogens with zero attached hydrogens (tertiary/aromatic N) is 1. The van der Waals surface area contributed by atoms with Crippen molar-refractivity contribution in [2.75, 3.05) is 0 Å². The van der Waals surface area contributed by atoms with Gasteiger partial charge in [0.25, 0.3) is 0 Å². The molecule has 0 saturated heterocycles. The highest BCUT2D eigenvalue weighted by Crippen LogP contribution is 2.26. The molecular weight excluding hydrogens is 150 g/mol. The van der Waals surface area contributed by atoms with Gasteiger partial charge in [-0.25, -0.2) is 0 Å². The molecule has 2 nitrogen and oxygen atoms in total. The zero-order chi connectivity index (χ0) is 9.03. The molecule has 1 N–H and O–H groups in total. The zero-order valence-corrected chi connectivity index (χ0v) is 7.62. The van der Waals surface area contributed by atoms with E-state index in [4.69, 9.17) is 0 Å². The molecule has 2 heteroatoms. The second-order valence-electron chi connectivity index (χ2n) is 2.98. The quantitative estimate of drug-likeness (QED) is 0.744. The van der Waals surface area contributed by atoms with Crippen LogP contribution >= 0.6 is 0 Å². The lowest BCUT2D eigenvalue weighted by Gasteiger charge is -2.24. The fraction of sp³-hybridized carbons (Fsp3) is 0.500. The van der Waals surface area contributed by atoms with Gasteiger partial charge in [0.05, 0.1) is 5.60 Å². The van der Waals surface area contributed by atoms with E-state index >= 15 is 0 Å². The van der Waals surface area contributed by atoms with Crippen molar-refractivity contribution in [2.45, 2.75) is 32.3 Å². The lowest BCUT2D eigenvalue weighted by Crippen LogP contribution is -2.23. The summed E-state index contributed by atoms with van der Waals surface area (Å²) in [5.41, 5.74) is 0.226. The summed E-state index contributed by atoms with van der Waals surface area (Å²) < 4.78 is 0. The summed E-state index contributed by atoms with van der Waals surface area (Å²) in [5.74, 6) is 0. The third kappa shape index (κ3) is 1.64. The minimum atomic E-state index is -0.686. The molecule has 0 unspecified atom stereocenters. The van der Waals surface area contributed by atoms with Gasteiger partial charge in [-0.3, -0.25) is 4.98 Å². The van der Waals surface area contributed by atoms with Crippen molar-refractivity contribution in [1.82, 2.24) is 4.98 Å². The van der Waals surface area contributed by atoms with Crippen LogP contribution in [0, 0.1) is 0 Å². The third-order valence-corrected chi connectivity index (χ3v) is 2.37. The molecule has 0 atom stereocenters. The molecule has 1 aromatic rings. The lowest BCUT2D eigenvalue weighted by atomic mass is 9.90. The van der Waals surface area contributed by atoms with Crippen LogP contribution in [0.4, 0.5) is 0 Å². The minimum absolute atomic E-state index is 0.686. The highest BCUT2D eigenvalue weighted by Gasteiger charge is 2.24. The van der Waals surface area contributed by atoms with Crippen molar-refractivity contribution in [3.63, 3.8) is 0 Å². The monoisotopic (exact) mass is 165 g/mol. The Morgan fingerprint density at radius 3 is 2.50 bits per heavy atom. The number of aromatic nitrogens is 1. The molecule has 1 aromatic heterocycles. The fourth-order valence-corrected chi connectivity index (χ4v) is 1.30. The number of aliphatic hydroxyl groups is 1. The summed E-state index contributed by atoms with van der Waals surface area (Å²) in [6, 6.07) is 3.77. The molecule has 0 saturated carbocycles. The summed E-state index contributed by atoms with van der Waals surface area (Å²) in [5, 5.41) is 10.1.